The number of para-hydroxylation sites is 1. The first-order chi connectivity index (χ1) is 7.90. The van der Waals surface area contributed by atoms with E-state index < -0.39 is 0 Å². The molecule has 3 nitrogen and oxygen atoms in total. The summed E-state index contributed by atoms with van der Waals surface area (Å²) in [5, 5.41) is 0. The zero-order valence-corrected chi connectivity index (χ0v) is 8.90. The monoisotopic (exact) mass is 215 g/mol. The average Bonchev–Trinajstić information content (AvgIpc) is 2.96. The molecule has 3 rings (SSSR count). The van der Waals surface area contributed by atoms with Gasteiger partial charge in [0.25, 0.3) is 0 Å². The van der Waals surface area contributed by atoms with Crippen molar-refractivity contribution in [3.63, 3.8) is 0 Å². The molecule has 0 amide bonds. The molecule has 0 spiro atoms. The Morgan fingerprint density at radius 2 is 2.12 bits per heavy atom. The number of hydrogen-bond donors (Lipinski definition) is 1. The minimum atomic E-state index is 0.409. The Balaban J connectivity index is 2.17. The summed E-state index contributed by atoms with van der Waals surface area (Å²) in [5.41, 5.74) is 9.04. The van der Waals surface area contributed by atoms with Gasteiger partial charge in [-0.1, -0.05) is 18.2 Å². The first-order valence-corrected chi connectivity index (χ1v) is 5.41. The lowest BCUT2D eigenvalue weighted by Crippen LogP contribution is -1.96. The van der Waals surface area contributed by atoms with E-state index >= 15 is 0 Å². The SMILES string of the molecule is NCc1occc1-c1cccc2c1OCC2. The van der Waals surface area contributed by atoms with Crippen LogP contribution >= 0.6 is 0 Å². The Hall–Kier alpha value is -1.74. The third kappa shape index (κ3) is 1.32. The fourth-order valence-corrected chi connectivity index (χ4v) is 2.17. The molecule has 1 aromatic heterocycles. The van der Waals surface area contributed by atoms with Gasteiger partial charge in [0.1, 0.15) is 11.5 Å². The Bertz CT molecular complexity index is 516. The highest BCUT2D eigenvalue weighted by Gasteiger charge is 2.19. The Kier molecular flexibility index (Phi) is 2.18. The van der Waals surface area contributed by atoms with E-state index in [2.05, 4.69) is 12.1 Å². The van der Waals surface area contributed by atoms with Gasteiger partial charge in [-0.2, -0.15) is 0 Å². The normalized spacial score (nSPS) is 13.6. The van der Waals surface area contributed by atoms with Crippen LogP contribution in [-0.4, -0.2) is 6.61 Å². The van der Waals surface area contributed by atoms with Gasteiger partial charge in [0.2, 0.25) is 0 Å². The predicted octanol–water partition coefficient (Wildman–Crippen LogP) is 2.34. The molecule has 1 aliphatic heterocycles. The van der Waals surface area contributed by atoms with Gasteiger partial charge in [-0.25, -0.2) is 0 Å². The second-order valence-electron chi connectivity index (χ2n) is 3.85. The second-order valence-corrected chi connectivity index (χ2v) is 3.85. The van der Waals surface area contributed by atoms with Gasteiger partial charge < -0.3 is 14.9 Å². The van der Waals surface area contributed by atoms with E-state index in [9.17, 15) is 0 Å². The third-order valence-corrected chi connectivity index (χ3v) is 2.94. The minimum Gasteiger partial charge on any atom is -0.492 e. The quantitative estimate of drug-likeness (QED) is 0.836. The van der Waals surface area contributed by atoms with Crippen LogP contribution in [0.5, 0.6) is 5.75 Å². The van der Waals surface area contributed by atoms with Gasteiger partial charge in [0, 0.05) is 17.5 Å². The molecule has 2 N–H and O–H groups in total. The molecule has 16 heavy (non-hydrogen) atoms. The highest BCUT2D eigenvalue weighted by Crippen LogP contribution is 2.38. The zero-order valence-electron chi connectivity index (χ0n) is 8.90. The molecule has 0 radical (unpaired) electrons. The van der Waals surface area contributed by atoms with E-state index in [4.69, 9.17) is 14.9 Å². The van der Waals surface area contributed by atoms with Crippen molar-refractivity contribution in [1.29, 1.82) is 0 Å². The molecule has 2 heterocycles. The largest absolute Gasteiger partial charge is 0.492 e. The molecule has 0 bridgehead atoms. The lowest BCUT2D eigenvalue weighted by Gasteiger charge is -2.07. The number of benzene rings is 1. The Labute approximate surface area is 93.8 Å². The molecule has 82 valence electrons. The number of ether oxygens (including phenoxy) is 1. The lowest BCUT2D eigenvalue weighted by molar-refractivity contribution is 0.358. The molecule has 0 fully saturated rings. The maximum Gasteiger partial charge on any atom is 0.130 e. The van der Waals surface area contributed by atoms with Crippen LogP contribution in [0, 0.1) is 0 Å². The summed E-state index contributed by atoms with van der Waals surface area (Å²) in [6.45, 7) is 1.17. The Morgan fingerprint density at radius 3 is 3.00 bits per heavy atom. The van der Waals surface area contributed by atoms with Crippen LogP contribution in [-0.2, 0) is 13.0 Å². The van der Waals surface area contributed by atoms with Gasteiger partial charge in [0.05, 0.1) is 19.4 Å². The second kappa shape index (κ2) is 3.68. The minimum absolute atomic E-state index is 0.409. The van der Waals surface area contributed by atoms with Crippen molar-refractivity contribution in [3.05, 3.63) is 41.9 Å². The highest BCUT2D eigenvalue weighted by atomic mass is 16.5. The molecule has 0 saturated carbocycles. The third-order valence-electron chi connectivity index (χ3n) is 2.94. The van der Waals surface area contributed by atoms with Crippen LogP contribution in [0.2, 0.25) is 0 Å². The van der Waals surface area contributed by atoms with E-state index in [-0.39, 0.29) is 0 Å². The van der Waals surface area contributed by atoms with Crippen molar-refractivity contribution < 1.29 is 9.15 Å². The van der Waals surface area contributed by atoms with Gasteiger partial charge >= 0.3 is 0 Å². The predicted molar refractivity (Wildman–Crippen MR) is 61.2 cm³/mol. The smallest absolute Gasteiger partial charge is 0.130 e. The summed E-state index contributed by atoms with van der Waals surface area (Å²) in [4.78, 5) is 0. The molecule has 1 aliphatic rings. The molecule has 0 unspecified atom stereocenters. The fourth-order valence-electron chi connectivity index (χ4n) is 2.17. The number of furan rings is 1. The zero-order chi connectivity index (χ0) is 11.0. The number of rotatable bonds is 2. The summed E-state index contributed by atoms with van der Waals surface area (Å²) >= 11 is 0. The first kappa shape index (κ1) is 9.48. The van der Waals surface area contributed by atoms with E-state index in [0.29, 0.717) is 6.54 Å². The number of hydrogen-bond acceptors (Lipinski definition) is 3. The van der Waals surface area contributed by atoms with Crippen LogP contribution < -0.4 is 10.5 Å². The number of nitrogens with two attached hydrogens (primary N) is 1. The lowest BCUT2D eigenvalue weighted by atomic mass is 10.0. The topological polar surface area (TPSA) is 48.4 Å². The van der Waals surface area contributed by atoms with Gasteiger partial charge in [-0.05, 0) is 11.6 Å². The summed E-state index contributed by atoms with van der Waals surface area (Å²) < 4.78 is 11.0. The van der Waals surface area contributed by atoms with E-state index in [0.717, 1.165) is 35.7 Å². The highest BCUT2D eigenvalue weighted by molar-refractivity contribution is 5.74. The summed E-state index contributed by atoms with van der Waals surface area (Å²) in [6.07, 6.45) is 2.66. The average molecular weight is 215 g/mol. The van der Waals surface area contributed by atoms with Crippen LogP contribution in [0.3, 0.4) is 0 Å². The Morgan fingerprint density at radius 1 is 1.19 bits per heavy atom. The van der Waals surface area contributed by atoms with E-state index in [1.165, 1.54) is 5.56 Å². The standard InChI is InChI=1S/C13H13NO2/c14-8-12-10(5-7-15-12)11-3-1-2-9-4-6-16-13(9)11/h1-3,5,7H,4,6,8,14H2. The summed E-state index contributed by atoms with van der Waals surface area (Å²) in [5.74, 6) is 1.79. The van der Waals surface area contributed by atoms with Crippen LogP contribution in [0.1, 0.15) is 11.3 Å². The molecule has 2 aromatic rings. The van der Waals surface area contributed by atoms with Crippen molar-refractivity contribution in [2.75, 3.05) is 6.61 Å². The molecule has 0 atom stereocenters. The van der Waals surface area contributed by atoms with Gasteiger partial charge in [0.15, 0.2) is 0 Å². The number of fused-ring (bicyclic) bond motifs is 1. The van der Waals surface area contributed by atoms with Gasteiger partial charge in [-0.3, -0.25) is 0 Å². The molecule has 3 heteroatoms. The van der Waals surface area contributed by atoms with Crippen molar-refractivity contribution in [3.8, 4) is 16.9 Å². The molecule has 0 aliphatic carbocycles. The molecular weight excluding hydrogens is 202 g/mol. The van der Waals surface area contributed by atoms with Crippen LogP contribution in [0.4, 0.5) is 0 Å². The summed E-state index contributed by atoms with van der Waals surface area (Å²) in [6, 6.07) is 8.15. The molecular formula is C13H13NO2. The molecule has 1 aromatic carbocycles. The van der Waals surface area contributed by atoms with Gasteiger partial charge in [-0.15, -0.1) is 0 Å². The van der Waals surface area contributed by atoms with E-state index in [1.54, 1.807) is 6.26 Å². The van der Waals surface area contributed by atoms with Crippen molar-refractivity contribution in [2.24, 2.45) is 5.73 Å². The summed E-state index contributed by atoms with van der Waals surface area (Å²) in [7, 11) is 0. The van der Waals surface area contributed by atoms with E-state index in [1.807, 2.05) is 12.1 Å². The van der Waals surface area contributed by atoms with Crippen molar-refractivity contribution in [1.82, 2.24) is 0 Å². The molecule has 0 saturated heterocycles. The van der Waals surface area contributed by atoms with Crippen LogP contribution in [0.15, 0.2) is 34.9 Å². The first-order valence-electron chi connectivity index (χ1n) is 5.41. The maximum absolute atomic E-state index is 5.67. The van der Waals surface area contributed by atoms with Crippen molar-refractivity contribution in [2.45, 2.75) is 13.0 Å². The van der Waals surface area contributed by atoms with Crippen molar-refractivity contribution >= 4 is 0 Å². The van der Waals surface area contributed by atoms with Crippen LogP contribution in [0.25, 0.3) is 11.1 Å². The maximum atomic E-state index is 5.67. The fraction of sp³-hybridized carbons (Fsp3) is 0.231.